The van der Waals surface area contributed by atoms with E-state index in [4.69, 9.17) is 4.74 Å². The summed E-state index contributed by atoms with van der Waals surface area (Å²) in [4.78, 5) is 24.9. The van der Waals surface area contributed by atoms with Gasteiger partial charge in [0.1, 0.15) is 5.75 Å². The van der Waals surface area contributed by atoms with Gasteiger partial charge in [-0.3, -0.25) is 9.59 Å². The molecule has 32 heavy (non-hydrogen) atoms. The highest BCUT2D eigenvalue weighted by molar-refractivity contribution is 7.99. The van der Waals surface area contributed by atoms with Gasteiger partial charge < -0.3 is 19.9 Å². The Morgan fingerprint density at radius 1 is 1.16 bits per heavy atom. The summed E-state index contributed by atoms with van der Waals surface area (Å²) >= 11 is 1.27. The maximum atomic E-state index is 12.6. The fourth-order valence-electron chi connectivity index (χ4n) is 2.96. The van der Waals surface area contributed by atoms with Crippen molar-refractivity contribution in [1.82, 2.24) is 20.1 Å². The maximum Gasteiger partial charge on any atom is 0.251 e. The van der Waals surface area contributed by atoms with E-state index >= 15 is 0 Å². The third-order valence-corrected chi connectivity index (χ3v) is 5.50. The molecule has 9 heteroatoms. The molecule has 0 spiro atoms. The number of nitrogens with one attached hydrogen (secondary N) is 2. The number of benzene rings is 2. The predicted molar refractivity (Wildman–Crippen MR) is 125 cm³/mol. The van der Waals surface area contributed by atoms with E-state index in [1.54, 1.807) is 37.5 Å². The maximum absolute atomic E-state index is 12.6. The summed E-state index contributed by atoms with van der Waals surface area (Å²) in [6.07, 6.45) is 1.72. The molecule has 0 bridgehead atoms. The first-order valence-electron chi connectivity index (χ1n) is 9.98. The summed E-state index contributed by atoms with van der Waals surface area (Å²) in [5, 5.41) is 14.8. The quantitative estimate of drug-likeness (QED) is 0.360. The third kappa shape index (κ3) is 5.98. The molecule has 1 aromatic heterocycles. The number of aromatic nitrogens is 3. The van der Waals surface area contributed by atoms with Gasteiger partial charge in [0.15, 0.2) is 11.0 Å². The molecule has 2 N–H and O–H groups in total. The number of methoxy groups -OCH3 is 1. The van der Waals surface area contributed by atoms with Crippen LogP contribution in [-0.4, -0.2) is 39.4 Å². The fourth-order valence-corrected chi connectivity index (χ4v) is 3.72. The molecule has 0 fully saturated rings. The Morgan fingerprint density at radius 2 is 1.88 bits per heavy atom. The molecule has 2 aromatic carbocycles. The molecule has 0 saturated heterocycles. The highest BCUT2D eigenvalue weighted by Gasteiger charge is 2.20. The number of allylic oxidation sites excluding steroid dienone is 1. The first-order chi connectivity index (χ1) is 15.5. The van der Waals surface area contributed by atoms with Gasteiger partial charge in [-0.1, -0.05) is 36.0 Å². The number of nitrogens with zero attached hydrogens (tertiary/aromatic N) is 3. The summed E-state index contributed by atoms with van der Waals surface area (Å²) in [6.45, 7) is 6.08. The molecule has 0 aliphatic rings. The Kier molecular flexibility index (Phi) is 8.04. The van der Waals surface area contributed by atoms with Crippen LogP contribution < -0.4 is 15.4 Å². The molecule has 0 aliphatic carbocycles. The second kappa shape index (κ2) is 11.1. The van der Waals surface area contributed by atoms with Crippen molar-refractivity contribution in [2.75, 3.05) is 18.2 Å². The van der Waals surface area contributed by atoms with Crippen LogP contribution >= 0.6 is 11.8 Å². The Hall–Kier alpha value is -3.59. The number of amides is 2. The molecule has 166 valence electrons. The zero-order valence-electron chi connectivity index (χ0n) is 17.9. The minimum atomic E-state index is -0.399. The summed E-state index contributed by atoms with van der Waals surface area (Å²) in [6, 6.07) is 15.7. The molecule has 0 radical (unpaired) electrons. The number of rotatable bonds is 10. The van der Waals surface area contributed by atoms with Crippen LogP contribution in [-0.2, 0) is 11.3 Å². The lowest BCUT2D eigenvalue weighted by atomic mass is 10.2. The lowest BCUT2D eigenvalue weighted by molar-refractivity contribution is -0.113. The Labute approximate surface area is 191 Å². The molecule has 3 aromatic rings. The Morgan fingerprint density at radius 3 is 2.53 bits per heavy atom. The van der Waals surface area contributed by atoms with Crippen LogP contribution in [0.15, 0.2) is 72.4 Å². The van der Waals surface area contributed by atoms with E-state index in [9.17, 15) is 9.59 Å². The van der Waals surface area contributed by atoms with Gasteiger partial charge in [0.05, 0.1) is 18.9 Å². The topological polar surface area (TPSA) is 98.1 Å². The highest BCUT2D eigenvalue weighted by Crippen LogP contribution is 2.22. The number of carbonyl (C=O) groups excluding carboxylic acids is 2. The lowest BCUT2D eigenvalue weighted by Gasteiger charge is -2.15. The zero-order chi connectivity index (χ0) is 22.9. The summed E-state index contributed by atoms with van der Waals surface area (Å²) in [5.41, 5.74) is 1.25. The minimum absolute atomic E-state index is 0.142. The lowest BCUT2D eigenvalue weighted by Crippen LogP contribution is -2.28. The van der Waals surface area contributed by atoms with Gasteiger partial charge in [-0.2, -0.15) is 0 Å². The normalized spacial score (nSPS) is 11.4. The monoisotopic (exact) mass is 451 g/mol. The summed E-state index contributed by atoms with van der Waals surface area (Å²) in [5.74, 6) is 1.06. The van der Waals surface area contributed by atoms with E-state index in [2.05, 4.69) is 27.4 Å². The zero-order valence-corrected chi connectivity index (χ0v) is 18.8. The number of para-hydroxylation sites is 1. The molecule has 3 rings (SSSR count). The fraction of sp³-hybridized carbons (Fsp3) is 0.217. The van der Waals surface area contributed by atoms with Gasteiger partial charge in [0, 0.05) is 17.8 Å². The SMILES string of the molecule is C=CCn1c(SCC(=O)Nc2ccccc2)nnc1[C@@H](C)NC(=O)c1ccc(OC)cc1. The molecule has 0 saturated carbocycles. The predicted octanol–water partition coefficient (Wildman–Crippen LogP) is 3.69. The van der Waals surface area contributed by atoms with Gasteiger partial charge in [-0.05, 0) is 43.3 Å². The van der Waals surface area contributed by atoms with Crippen molar-refractivity contribution < 1.29 is 14.3 Å². The highest BCUT2D eigenvalue weighted by atomic mass is 32.2. The molecule has 1 heterocycles. The van der Waals surface area contributed by atoms with Gasteiger partial charge in [0.2, 0.25) is 5.91 Å². The second-order valence-corrected chi connectivity index (χ2v) is 7.81. The van der Waals surface area contributed by atoms with Crippen LogP contribution in [0.1, 0.15) is 29.1 Å². The van der Waals surface area contributed by atoms with Crippen LogP contribution in [0.4, 0.5) is 5.69 Å². The van der Waals surface area contributed by atoms with Crippen molar-refractivity contribution in [2.24, 2.45) is 0 Å². The van der Waals surface area contributed by atoms with Crippen molar-refractivity contribution in [3.63, 3.8) is 0 Å². The number of hydrogen-bond acceptors (Lipinski definition) is 6. The van der Waals surface area contributed by atoms with E-state index < -0.39 is 6.04 Å². The first kappa shape index (κ1) is 23.1. The van der Waals surface area contributed by atoms with E-state index in [1.165, 1.54) is 11.8 Å². The molecule has 0 aliphatic heterocycles. The minimum Gasteiger partial charge on any atom is -0.497 e. The van der Waals surface area contributed by atoms with Crippen molar-refractivity contribution in [1.29, 1.82) is 0 Å². The van der Waals surface area contributed by atoms with Gasteiger partial charge in [-0.25, -0.2) is 0 Å². The van der Waals surface area contributed by atoms with Crippen LogP contribution in [0.2, 0.25) is 0 Å². The summed E-state index contributed by atoms with van der Waals surface area (Å²) < 4.78 is 6.96. The molecule has 8 nitrogen and oxygen atoms in total. The van der Waals surface area contributed by atoms with E-state index in [0.717, 1.165) is 5.69 Å². The number of hydrogen-bond donors (Lipinski definition) is 2. The largest absolute Gasteiger partial charge is 0.497 e. The van der Waals surface area contributed by atoms with Crippen LogP contribution in [0.5, 0.6) is 5.75 Å². The smallest absolute Gasteiger partial charge is 0.251 e. The van der Waals surface area contributed by atoms with Crippen molar-refractivity contribution >= 4 is 29.3 Å². The van der Waals surface area contributed by atoms with Crippen molar-refractivity contribution in [2.45, 2.75) is 24.7 Å². The number of ether oxygens (including phenoxy) is 1. The van der Waals surface area contributed by atoms with Gasteiger partial charge in [0.25, 0.3) is 5.91 Å². The van der Waals surface area contributed by atoms with Gasteiger partial charge >= 0.3 is 0 Å². The van der Waals surface area contributed by atoms with Crippen LogP contribution in [0, 0.1) is 0 Å². The molecule has 0 unspecified atom stereocenters. The molecule has 2 amide bonds. The van der Waals surface area contributed by atoms with Crippen molar-refractivity contribution in [3.8, 4) is 5.75 Å². The first-order valence-corrected chi connectivity index (χ1v) is 11.0. The van der Waals surface area contributed by atoms with Gasteiger partial charge in [-0.15, -0.1) is 16.8 Å². The Balaban J connectivity index is 1.65. The second-order valence-electron chi connectivity index (χ2n) is 6.87. The van der Waals surface area contributed by atoms with Crippen LogP contribution in [0.25, 0.3) is 0 Å². The van der Waals surface area contributed by atoms with Crippen molar-refractivity contribution in [3.05, 3.63) is 78.6 Å². The van der Waals surface area contributed by atoms with E-state index in [-0.39, 0.29) is 17.6 Å². The number of anilines is 1. The van der Waals surface area contributed by atoms with E-state index in [0.29, 0.717) is 28.8 Å². The number of carbonyl (C=O) groups is 2. The number of thioether (sulfide) groups is 1. The summed E-state index contributed by atoms with van der Waals surface area (Å²) in [7, 11) is 1.57. The standard InChI is InChI=1S/C23H25N5O3S/c1-4-14-28-21(16(2)24-22(30)17-10-12-19(31-3)13-11-17)26-27-23(28)32-15-20(29)25-18-8-6-5-7-9-18/h4-13,16H,1,14-15H2,2-3H3,(H,24,30)(H,25,29)/t16-/m1/s1. The third-order valence-electron chi connectivity index (χ3n) is 4.53. The molecule has 1 atom stereocenters. The van der Waals surface area contributed by atoms with E-state index in [1.807, 2.05) is 41.8 Å². The average Bonchev–Trinajstić information content (AvgIpc) is 3.21. The molecular weight excluding hydrogens is 426 g/mol. The average molecular weight is 452 g/mol. The molecular formula is C23H25N5O3S. The van der Waals surface area contributed by atoms with Crippen LogP contribution in [0.3, 0.4) is 0 Å². The Bertz CT molecular complexity index is 1070.